The Labute approximate surface area is 122 Å². The van der Waals surface area contributed by atoms with Gasteiger partial charge in [-0.05, 0) is 24.1 Å². The van der Waals surface area contributed by atoms with Crippen LogP contribution in [0.5, 0.6) is 0 Å². The molecule has 0 radical (unpaired) electrons. The minimum absolute atomic E-state index is 0.107. The van der Waals surface area contributed by atoms with Gasteiger partial charge in [-0.3, -0.25) is 0 Å². The van der Waals surface area contributed by atoms with Crippen molar-refractivity contribution in [3.05, 3.63) is 24.0 Å². The highest BCUT2D eigenvalue weighted by molar-refractivity contribution is 8.13. The molecule has 1 aromatic rings. The van der Waals surface area contributed by atoms with Gasteiger partial charge in [0.2, 0.25) is 10.0 Å². The van der Waals surface area contributed by atoms with Gasteiger partial charge in [0.15, 0.2) is 0 Å². The van der Waals surface area contributed by atoms with Gasteiger partial charge in [-0.15, -0.1) is 0 Å². The van der Waals surface area contributed by atoms with Crippen LogP contribution >= 0.6 is 10.7 Å². The molecule has 0 bridgehead atoms. The van der Waals surface area contributed by atoms with E-state index in [4.69, 9.17) is 10.7 Å². The third-order valence-corrected chi connectivity index (χ3v) is 5.60. The highest BCUT2D eigenvalue weighted by Crippen LogP contribution is 2.21. The maximum Gasteiger partial charge on any atom is 0.261 e. The largest absolute Gasteiger partial charge is 0.261 e. The number of nitrogens with one attached hydrogen (secondary N) is 1. The molecule has 0 fully saturated rings. The van der Waals surface area contributed by atoms with Crippen molar-refractivity contribution in [3.8, 4) is 0 Å². The highest BCUT2D eigenvalue weighted by atomic mass is 35.7. The lowest BCUT2D eigenvalue weighted by Gasteiger charge is -2.11. The van der Waals surface area contributed by atoms with Gasteiger partial charge in [0.05, 0.1) is 4.90 Å². The zero-order chi connectivity index (χ0) is 15.6. The van der Waals surface area contributed by atoms with Crippen molar-refractivity contribution < 1.29 is 21.2 Å². The summed E-state index contributed by atoms with van der Waals surface area (Å²) < 4.78 is 61.9. The maximum atomic E-state index is 13.7. The molecule has 0 aliphatic carbocycles. The molecule has 5 nitrogen and oxygen atoms in total. The first-order valence-electron chi connectivity index (χ1n) is 5.81. The SMILES string of the molecule is CCC(C)CNS(=O)(=O)c1ccc(S(=O)(=O)Cl)cc1F. The molecular formula is C11H15ClFNO4S2. The fourth-order valence-corrected chi connectivity index (χ4v) is 3.31. The molecule has 114 valence electrons. The first kappa shape index (κ1) is 17.4. The lowest BCUT2D eigenvalue weighted by molar-refractivity contribution is 0.520. The molecule has 0 amide bonds. The van der Waals surface area contributed by atoms with E-state index in [0.717, 1.165) is 18.6 Å². The van der Waals surface area contributed by atoms with E-state index < -0.39 is 34.7 Å². The Bertz CT molecular complexity index is 688. The summed E-state index contributed by atoms with van der Waals surface area (Å²) in [5, 5.41) is 0. The molecule has 1 atom stereocenters. The van der Waals surface area contributed by atoms with Crippen LogP contribution in [0.2, 0.25) is 0 Å². The van der Waals surface area contributed by atoms with E-state index in [1.165, 1.54) is 0 Å². The molecule has 1 rings (SSSR count). The van der Waals surface area contributed by atoms with Crippen LogP contribution < -0.4 is 4.72 Å². The first-order valence-corrected chi connectivity index (χ1v) is 9.61. The van der Waals surface area contributed by atoms with E-state index in [1.807, 2.05) is 13.8 Å². The van der Waals surface area contributed by atoms with Crippen LogP contribution in [0.25, 0.3) is 0 Å². The summed E-state index contributed by atoms with van der Waals surface area (Å²) >= 11 is 0. The van der Waals surface area contributed by atoms with Crippen molar-refractivity contribution >= 4 is 29.8 Å². The number of hydrogen-bond acceptors (Lipinski definition) is 4. The van der Waals surface area contributed by atoms with E-state index in [-0.39, 0.29) is 12.5 Å². The molecule has 1 aromatic carbocycles. The monoisotopic (exact) mass is 343 g/mol. The molecule has 9 heteroatoms. The van der Waals surface area contributed by atoms with Gasteiger partial charge >= 0.3 is 0 Å². The molecule has 0 spiro atoms. The fourth-order valence-electron chi connectivity index (χ4n) is 1.33. The molecule has 0 aliphatic heterocycles. The molecule has 0 saturated heterocycles. The molecule has 0 saturated carbocycles. The van der Waals surface area contributed by atoms with Crippen molar-refractivity contribution in [2.45, 2.75) is 30.1 Å². The van der Waals surface area contributed by atoms with E-state index >= 15 is 0 Å². The summed E-state index contributed by atoms with van der Waals surface area (Å²) in [6.45, 7) is 3.93. The Morgan fingerprint density at radius 2 is 1.90 bits per heavy atom. The van der Waals surface area contributed by atoms with Crippen molar-refractivity contribution in [2.75, 3.05) is 6.54 Å². The van der Waals surface area contributed by atoms with Crippen LogP contribution in [0.15, 0.2) is 28.0 Å². The zero-order valence-corrected chi connectivity index (χ0v) is 13.3. The maximum absolute atomic E-state index is 13.7. The van der Waals surface area contributed by atoms with Gasteiger partial charge in [-0.2, -0.15) is 0 Å². The Kier molecular flexibility index (Phi) is 5.54. The van der Waals surface area contributed by atoms with Crippen LogP contribution in [0.1, 0.15) is 20.3 Å². The number of rotatable bonds is 6. The molecule has 0 aliphatic rings. The van der Waals surface area contributed by atoms with E-state index in [9.17, 15) is 21.2 Å². The summed E-state index contributed by atoms with van der Waals surface area (Å²) in [5.41, 5.74) is 0. The minimum Gasteiger partial charge on any atom is -0.211 e. The van der Waals surface area contributed by atoms with Crippen LogP contribution in [0, 0.1) is 11.7 Å². The normalized spacial score (nSPS) is 14.2. The van der Waals surface area contributed by atoms with Gasteiger partial charge in [-0.1, -0.05) is 20.3 Å². The summed E-state index contributed by atoms with van der Waals surface area (Å²) in [4.78, 5) is -1.09. The second-order valence-corrected chi connectivity index (χ2v) is 8.70. The molecule has 1 N–H and O–H groups in total. The second-order valence-electron chi connectivity index (χ2n) is 4.40. The number of sulfonamides is 1. The van der Waals surface area contributed by atoms with E-state index in [2.05, 4.69) is 4.72 Å². The number of hydrogen-bond donors (Lipinski definition) is 1. The molecule has 20 heavy (non-hydrogen) atoms. The summed E-state index contributed by atoms with van der Waals surface area (Å²) in [5.74, 6) is -1.06. The average Bonchev–Trinajstić information content (AvgIpc) is 2.34. The van der Waals surface area contributed by atoms with E-state index in [1.54, 1.807) is 0 Å². The van der Waals surface area contributed by atoms with Gasteiger partial charge in [0.1, 0.15) is 10.7 Å². The van der Waals surface area contributed by atoms with Crippen molar-refractivity contribution in [1.82, 2.24) is 4.72 Å². The summed E-state index contributed by atoms with van der Waals surface area (Å²) in [6, 6.07) is 2.41. The number of halogens is 2. The summed E-state index contributed by atoms with van der Waals surface area (Å²) in [6.07, 6.45) is 0.772. The van der Waals surface area contributed by atoms with Crippen molar-refractivity contribution in [1.29, 1.82) is 0 Å². The molecule has 0 heterocycles. The highest BCUT2D eigenvalue weighted by Gasteiger charge is 2.22. The molecular weight excluding hydrogens is 329 g/mol. The second kappa shape index (κ2) is 6.38. The zero-order valence-electron chi connectivity index (χ0n) is 10.9. The molecule has 0 aromatic heterocycles. The topological polar surface area (TPSA) is 80.3 Å². The van der Waals surface area contributed by atoms with Crippen LogP contribution in [0.3, 0.4) is 0 Å². The van der Waals surface area contributed by atoms with Crippen molar-refractivity contribution in [2.24, 2.45) is 5.92 Å². The predicted octanol–water partition coefficient (Wildman–Crippen LogP) is 2.08. The Balaban J connectivity index is 3.08. The standard InChI is InChI=1S/C11H15ClFNO4S2/c1-3-8(2)7-14-20(17,18)11-5-4-9(6-10(11)13)19(12,15)16/h4-6,8,14H,3,7H2,1-2H3. The van der Waals surface area contributed by atoms with Gasteiger partial charge in [-0.25, -0.2) is 25.9 Å². The van der Waals surface area contributed by atoms with Gasteiger partial charge in [0, 0.05) is 17.2 Å². The fraction of sp³-hybridized carbons (Fsp3) is 0.455. The van der Waals surface area contributed by atoms with Gasteiger partial charge in [0.25, 0.3) is 9.05 Å². The third-order valence-electron chi connectivity index (χ3n) is 2.79. The van der Waals surface area contributed by atoms with Gasteiger partial charge < -0.3 is 0 Å². The predicted molar refractivity (Wildman–Crippen MR) is 74.1 cm³/mol. The number of benzene rings is 1. The first-order chi connectivity index (χ1) is 9.08. The lowest BCUT2D eigenvalue weighted by atomic mass is 10.1. The average molecular weight is 344 g/mol. The minimum atomic E-state index is -4.10. The van der Waals surface area contributed by atoms with Crippen LogP contribution in [-0.4, -0.2) is 23.4 Å². The quantitative estimate of drug-likeness (QED) is 0.802. The van der Waals surface area contributed by atoms with Crippen molar-refractivity contribution in [3.63, 3.8) is 0 Å². The Morgan fingerprint density at radius 1 is 1.30 bits per heavy atom. The lowest BCUT2D eigenvalue weighted by Crippen LogP contribution is -2.29. The Hall–Kier alpha value is -0.700. The third kappa shape index (κ3) is 4.41. The Morgan fingerprint density at radius 3 is 2.35 bits per heavy atom. The van der Waals surface area contributed by atoms with Crippen LogP contribution in [0.4, 0.5) is 4.39 Å². The summed E-state index contributed by atoms with van der Waals surface area (Å²) in [7, 11) is -3.06. The molecule has 1 unspecified atom stereocenters. The van der Waals surface area contributed by atoms with E-state index in [0.29, 0.717) is 6.07 Å². The van der Waals surface area contributed by atoms with Crippen LogP contribution in [-0.2, 0) is 19.1 Å². The smallest absolute Gasteiger partial charge is 0.211 e.